The van der Waals surface area contributed by atoms with Crippen molar-refractivity contribution in [2.24, 2.45) is 0 Å². The molecule has 1 spiro atoms. The highest BCUT2D eigenvalue weighted by Gasteiger charge is 2.50. The van der Waals surface area contributed by atoms with Gasteiger partial charge in [-0.05, 0) is 69.0 Å². The summed E-state index contributed by atoms with van der Waals surface area (Å²) in [5.74, 6) is -0.227. The predicted molar refractivity (Wildman–Crippen MR) is 138 cm³/mol. The number of carboxylic acid groups (broad SMARTS) is 1. The fraction of sp³-hybridized carbons (Fsp3) is 0.429. The van der Waals surface area contributed by atoms with Crippen molar-refractivity contribution in [3.8, 4) is 5.75 Å². The summed E-state index contributed by atoms with van der Waals surface area (Å²) in [6.07, 6.45) is 5.51. The maximum Gasteiger partial charge on any atom is 0.335 e. The van der Waals surface area contributed by atoms with Crippen LogP contribution in [0.15, 0.2) is 42.6 Å². The third-order valence-electron chi connectivity index (χ3n) is 7.54. The number of aliphatic hydroxyl groups excluding tert-OH is 1. The zero-order chi connectivity index (χ0) is 25.5. The summed E-state index contributed by atoms with van der Waals surface area (Å²) < 4.78 is 6.07. The number of β-amino-alcohol motifs (C(OH)–C–C–N with tert-alkyl or cyclic N) is 1. The highest BCUT2D eigenvalue weighted by molar-refractivity contribution is 6.07. The number of carboxylic acids is 1. The summed E-state index contributed by atoms with van der Waals surface area (Å²) >= 11 is 0. The first-order valence-electron chi connectivity index (χ1n) is 12.5. The lowest BCUT2D eigenvalue weighted by Crippen LogP contribution is -2.46. The van der Waals surface area contributed by atoms with Crippen molar-refractivity contribution in [1.29, 1.82) is 0 Å². The first-order valence-corrected chi connectivity index (χ1v) is 12.5. The van der Waals surface area contributed by atoms with Gasteiger partial charge in [-0.2, -0.15) is 0 Å². The molecule has 36 heavy (non-hydrogen) atoms. The van der Waals surface area contributed by atoms with Crippen LogP contribution >= 0.6 is 0 Å². The van der Waals surface area contributed by atoms with Gasteiger partial charge < -0.3 is 30.6 Å². The summed E-state index contributed by atoms with van der Waals surface area (Å²) in [6, 6.07) is 10.7. The van der Waals surface area contributed by atoms with Gasteiger partial charge in [-0.25, -0.2) is 4.79 Å². The van der Waals surface area contributed by atoms with Crippen LogP contribution in [0.4, 0.5) is 5.69 Å². The Balaban J connectivity index is 1.21. The Morgan fingerprint density at radius 1 is 1.22 bits per heavy atom. The first kappa shape index (κ1) is 24.3. The maximum atomic E-state index is 12.8. The smallest absolute Gasteiger partial charge is 0.335 e. The molecule has 5 N–H and O–H groups in total. The minimum absolute atomic E-state index is 0.0581. The first-order chi connectivity index (χ1) is 17.2. The number of hydrogen-bond acceptors (Lipinski definition) is 5. The highest BCUT2D eigenvalue weighted by Crippen LogP contribution is 2.52. The van der Waals surface area contributed by atoms with Gasteiger partial charge >= 0.3 is 5.97 Å². The quantitative estimate of drug-likeness (QED) is 0.309. The van der Waals surface area contributed by atoms with Crippen molar-refractivity contribution in [2.75, 3.05) is 18.5 Å². The molecule has 0 saturated heterocycles. The van der Waals surface area contributed by atoms with E-state index < -0.39 is 17.5 Å². The maximum absolute atomic E-state index is 12.8. The second kappa shape index (κ2) is 9.26. The standard InChI is InChI=1S/C28H33N3O5/c1-27(2,13-18-14-29-21-9-8-17(25(33)34)12-20(18)21)30-15-19(32)16-36-23-7-5-6-22-24(23)28(26(35)31-22)10-3-4-11-28/h5-9,12,14,19,29-30,32H,3-4,10-11,13,15-16H2,1-2H3,(H,31,35)(H,33,34). The lowest BCUT2D eigenvalue weighted by molar-refractivity contribution is -0.120. The monoisotopic (exact) mass is 491 g/mol. The SMILES string of the molecule is CC(C)(Cc1c[nH]c2ccc(C(=O)O)cc12)NCC(O)COc1cccc2c1C1(CCCC1)C(=O)N2. The zero-order valence-electron chi connectivity index (χ0n) is 20.7. The molecular formula is C28H33N3O5. The summed E-state index contributed by atoms with van der Waals surface area (Å²) in [7, 11) is 0. The number of hydrogen-bond donors (Lipinski definition) is 5. The lowest BCUT2D eigenvalue weighted by Gasteiger charge is -2.28. The average molecular weight is 492 g/mol. The van der Waals surface area contributed by atoms with Gasteiger partial charge in [0.1, 0.15) is 18.5 Å². The molecule has 3 aromatic rings. The molecular weight excluding hydrogens is 458 g/mol. The van der Waals surface area contributed by atoms with Crippen LogP contribution in [-0.4, -0.2) is 51.9 Å². The summed E-state index contributed by atoms with van der Waals surface area (Å²) in [4.78, 5) is 27.3. The summed E-state index contributed by atoms with van der Waals surface area (Å²) in [6.45, 7) is 4.53. The van der Waals surface area contributed by atoms with Crippen molar-refractivity contribution in [3.05, 3.63) is 59.3 Å². The molecule has 1 atom stereocenters. The van der Waals surface area contributed by atoms with Crippen molar-refractivity contribution in [3.63, 3.8) is 0 Å². The van der Waals surface area contributed by atoms with E-state index in [1.807, 2.05) is 38.2 Å². The van der Waals surface area contributed by atoms with E-state index in [1.165, 1.54) is 0 Å². The number of carbonyl (C=O) groups is 2. The van der Waals surface area contributed by atoms with Gasteiger partial charge in [0, 0.05) is 40.4 Å². The topological polar surface area (TPSA) is 124 Å². The van der Waals surface area contributed by atoms with Gasteiger partial charge in [0.25, 0.3) is 0 Å². The van der Waals surface area contributed by atoms with Gasteiger partial charge in [0.05, 0.1) is 11.0 Å². The molecule has 1 fully saturated rings. The van der Waals surface area contributed by atoms with E-state index in [0.717, 1.165) is 53.4 Å². The second-order valence-corrected chi connectivity index (χ2v) is 10.7. The van der Waals surface area contributed by atoms with E-state index in [2.05, 4.69) is 15.6 Å². The number of fused-ring (bicyclic) bond motifs is 3. The van der Waals surface area contributed by atoms with Crippen molar-refractivity contribution >= 4 is 28.5 Å². The van der Waals surface area contributed by atoms with Crippen LogP contribution in [0.2, 0.25) is 0 Å². The van der Waals surface area contributed by atoms with Crippen LogP contribution in [0, 0.1) is 0 Å². The van der Waals surface area contributed by atoms with Crippen LogP contribution in [0.5, 0.6) is 5.75 Å². The Morgan fingerprint density at radius 3 is 2.75 bits per heavy atom. The fourth-order valence-electron chi connectivity index (χ4n) is 5.70. The fourth-order valence-corrected chi connectivity index (χ4v) is 5.70. The van der Waals surface area contributed by atoms with Gasteiger partial charge in [0.15, 0.2) is 0 Å². The number of anilines is 1. The molecule has 1 amide bonds. The number of ether oxygens (including phenoxy) is 1. The van der Waals surface area contributed by atoms with Crippen LogP contribution in [-0.2, 0) is 16.6 Å². The molecule has 8 heteroatoms. The number of rotatable bonds is 9. The number of carbonyl (C=O) groups excluding carboxylic acids is 1. The lowest BCUT2D eigenvalue weighted by atomic mass is 9.79. The van der Waals surface area contributed by atoms with Crippen molar-refractivity contribution in [1.82, 2.24) is 10.3 Å². The predicted octanol–water partition coefficient (Wildman–Crippen LogP) is 3.98. The number of aromatic amines is 1. The molecule has 1 aromatic heterocycles. The molecule has 2 aliphatic rings. The molecule has 2 aromatic carbocycles. The summed E-state index contributed by atoms with van der Waals surface area (Å²) in [5.41, 5.74) is 3.05. The molecule has 0 radical (unpaired) electrons. The molecule has 0 bridgehead atoms. The zero-order valence-corrected chi connectivity index (χ0v) is 20.7. The molecule has 8 nitrogen and oxygen atoms in total. The third-order valence-corrected chi connectivity index (χ3v) is 7.54. The van der Waals surface area contributed by atoms with E-state index in [0.29, 0.717) is 18.7 Å². The molecule has 1 saturated carbocycles. The molecule has 1 aliphatic heterocycles. The number of aromatic nitrogens is 1. The Labute approximate surface area is 210 Å². The Hall–Kier alpha value is -3.36. The van der Waals surface area contributed by atoms with Crippen molar-refractivity contribution < 1.29 is 24.5 Å². The van der Waals surface area contributed by atoms with Crippen molar-refractivity contribution in [2.45, 2.75) is 63.0 Å². The highest BCUT2D eigenvalue weighted by atomic mass is 16.5. The summed E-state index contributed by atoms with van der Waals surface area (Å²) in [5, 5.41) is 27.3. The number of aromatic carboxylic acids is 1. The van der Waals surface area contributed by atoms with E-state index >= 15 is 0 Å². The number of benzene rings is 2. The Kier molecular flexibility index (Phi) is 6.26. The van der Waals surface area contributed by atoms with Gasteiger partial charge in [-0.3, -0.25) is 4.79 Å². The van der Waals surface area contributed by atoms with E-state index in [4.69, 9.17) is 4.74 Å². The molecule has 2 heterocycles. The Bertz CT molecular complexity index is 1310. The number of aliphatic hydroxyl groups is 1. The largest absolute Gasteiger partial charge is 0.490 e. The van der Waals surface area contributed by atoms with Crippen LogP contribution in [0.3, 0.4) is 0 Å². The van der Waals surface area contributed by atoms with Gasteiger partial charge in [-0.15, -0.1) is 0 Å². The molecule has 1 aliphatic carbocycles. The van der Waals surface area contributed by atoms with Crippen LogP contribution < -0.4 is 15.4 Å². The molecule has 190 valence electrons. The minimum atomic E-state index is -0.951. The second-order valence-electron chi connectivity index (χ2n) is 10.7. The van der Waals surface area contributed by atoms with E-state index in [9.17, 15) is 19.8 Å². The molecule has 1 unspecified atom stereocenters. The average Bonchev–Trinajstić information content (AvgIpc) is 3.55. The minimum Gasteiger partial charge on any atom is -0.490 e. The van der Waals surface area contributed by atoms with Crippen LogP contribution in [0.25, 0.3) is 10.9 Å². The molecule has 5 rings (SSSR count). The Morgan fingerprint density at radius 2 is 2.00 bits per heavy atom. The van der Waals surface area contributed by atoms with Gasteiger partial charge in [-0.1, -0.05) is 18.9 Å². The normalized spacial score (nSPS) is 17.4. The number of amides is 1. The number of nitrogens with one attached hydrogen (secondary N) is 3. The van der Waals surface area contributed by atoms with E-state index in [1.54, 1.807) is 18.2 Å². The van der Waals surface area contributed by atoms with E-state index in [-0.39, 0.29) is 23.6 Å². The van der Waals surface area contributed by atoms with Gasteiger partial charge in [0.2, 0.25) is 5.91 Å². The van der Waals surface area contributed by atoms with Crippen LogP contribution in [0.1, 0.15) is 61.0 Å². The number of H-pyrrole nitrogens is 1. The third kappa shape index (κ3) is 4.47.